The molecule has 6 N–H and O–H groups in total. The molecule has 9 heteroatoms. The van der Waals surface area contributed by atoms with Crippen LogP contribution < -0.4 is 5.32 Å². The number of carbonyl (C=O) groups is 1. The van der Waals surface area contributed by atoms with Gasteiger partial charge in [-0.25, -0.2) is 0 Å². The lowest BCUT2D eigenvalue weighted by Gasteiger charge is -2.40. The first kappa shape index (κ1) is 72.6. The second-order valence-corrected chi connectivity index (χ2v) is 22.5. The van der Waals surface area contributed by atoms with Gasteiger partial charge in [-0.3, -0.25) is 4.79 Å². The molecule has 1 heterocycles. The van der Waals surface area contributed by atoms with Crippen LogP contribution in [0.3, 0.4) is 0 Å². The number of unbranched alkanes of at least 4 members (excludes halogenated alkanes) is 34. The molecular weight excluding hydrogens is 959 g/mol. The first-order valence-electron chi connectivity index (χ1n) is 32.6. The van der Waals surface area contributed by atoms with Crippen molar-refractivity contribution in [2.45, 2.75) is 339 Å². The fourth-order valence-corrected chi connectivity index (χ4v) is 10.2. The van der Waals surface area contributed by atoms with Crippen LogP contribution in [0.15, 0.2) is 72.9 Å². The van der Waals surface area contributed by atoms with Crippen LogP contribution in [0.5, 0.6) is 0 Å². The minimum absolute atomic E-state index is 0.159. The Morgan fingerprint density at radius 2 is 0.805 bits per heavy atom. The van der Waals surface area contributed by atoms with Crippen molar-refractivity contribution in [2.24, 2.45) is 0 Å². The summed E-state index contributed by atoms with van der Waals surface area (Å²) in [5, 5.41) is 54.8. The second-order valence-electron chi connectivity index (χ2n) is 22.5. The van der Waals surface area contributed by atoms with Gasteiger partial charge in [-0.15, -0.1) is 0 Å². The third kappa shape index (κ3) is 46.0. The Kier molecular flexibility index (Phi) is 53.7. The molecule has 1 rings (SSSR count). The summed E-state index contributed by atoms with van der Waals surface area (Å²) in [7, 11) is 0. The predicted octanol–water partition coefficient (Wildman–Crippen LogP) is 17.2. The van der Waals surface area contributed by atoms with Crippen molar-refractivity contribution in [3.05, 3.63) is 72.9 Å². The van der Waals surface area contributed by atoms with Crippen LogP contribution in [-0.4, -0.2) is 87.5 Å². The van der Waals surface area contributed by atoms with Crippen LogP contribution >= 0.6 is 0 Å². The number of hydrogen-bond acceptors (Lipinski definition) is 8. The van der Waals surface area contributed by atoms with Gasteiger partial charge in [0.15, 0.2) is 6.29 Å². The van der Waals surface area contributed by atoms with Gasteiger partial charge in [0, 0.05) is 6.42 Å². The van der Waals surface area contributed by atoms with E-state index in [9.17, 15) is 30.3 Å². The maximum atomic E-state index is 13.1. The summed E-state index contributed by atoms with van der Waals surface area (Å²) in [5.74, 6) is -0.185. The Bertz CT molecular complexity index is 1440. The van der Waals surface area contributed by atoms with E-state index in [-0.39, 0.29) is 12.5 Å². The zero-order valence-electron chi connectivity index (χ0n) is 50.0. The topological polar surface area (TPSA) is 149 Å². The number of nitrogens with one attached hydrogen (secondary N) is 1. The quantitative estimate of drug-likeness (QED) is 0.0261. The second kappa shape index (κ2) is 56.9. The number of carbonyl (C=O) groups excluding carboxylic acids is 1. The standard InChI is InChI=1S/C68H123NO8/c1-3-5-7-9-11-13-15-17-19-21-23-25-26-27-28-29-30-31-32-33-34-35-36-38-39-41-43-45-47-49-51-53-55-57-62(71)61(60-76-68-67(75)66(74)65(73)63(59-70)77-68)69-64(72)58-56-54-52-50-48-46-44-42-40-37-24-22-20-18-16-14-12-10-8-6-4-2/h6,8,12,14,18,20,24,37,42,44,48,50,61-63,65-68,70-71,73-75H,3-5,7,9-11,13,15-17,19,21-23,25-36,38-41,43,45-47,49,51-60H2,1-2H3,(H,69,72)/b8-6-,14-12-,20-18-,37-24-,44-42-,50-48-. The minimum Gasteiger partial charge on any atom is -0.394 e. The van der Waals surface area contributed by atoms with Gasteiger partial charge in [0.1, 0.15) is 24.4 Å². The van der Waals surface area contributed by atoms with Crippen LogP contribution in [0.4, 0.5) is 0 Å². The molecule has 1 aliphatic heterocycles. The summed E-state index contributed by atoms with van der Waals surface area (Å²) in [6, 6.07) is -0.749. The summed E-state index contributed by atoms with van der Waals surface area (Å²) < 4.78 is 11.3. The molecule has 0 aromatic rings. The molecule has 0 bridgehead atoms. The van der Waals surface area contributed by atoms with E-state index in [1.54, 1.807) is 0 Å². The lowest BCUT2D eigenvalue weighted by atomic mass is 9.99. The number of ether oxygens (including phenoxy) is 2. The molecular formula is C68H123NO8. The largest absolute Gasteiger partial charge is 0.394 e. The number of amides is 1. The molecule has 1 aliphatic rings. The van der Waals surface area contributed by atoms with Crippen LogP contribution in [0.25, 0.3) is 0 Å². The molecule has 7 unspecified atom stereocenters. The first-order valence-corrected chi connectivity index (χ1v) is 32.6. The van der Waals surface area contributed by atoms with Crippen molar-refractivity contribution in [1.82, 2.24) is 5.32 Å². The number of rotatable bonds is 56. The normalized spacial score (nSPS) is 19.2. The highest BCUT2D eigenvalue weighted by molar-refractivity contribution is 5.76. The molecule has 7 atom stereocenters. The fraction of sp³-hybridized carbons (Fsp3) is 0.809. The van der Waals surface area contributed by atoms with Gasteiger partial charge in [0.2, 0.25) is 5.91 Å². The van der Waals surface area contributed by atoms with Crippen LogP contribution in [0, 0.1) is 0 Å². The smallest absolute Gasteiger partial charge is 0.220 e. The highest BCUT2D eigenvalue weighted by atomic mass is 16.7. The van der Waals surface area contributed by atoms with Gasteiger partial charge in [0.25, 0.3) is 0 Å². The first-order chi connectivity index (χ1) is 37.8. The molecule has 448 valence electrons. The monoisotopic (exact) mass is 1080 g/mol. The van der Waals surface area contributed by atoms with E-state index in [0.29, 0.717) is 19.3 Å². The average molecular weight is 1080 g/mol. The number of aliphatic hydroxyl groups is 5. The molecule has 1 amide bonds. The van der Waals surface area contributed by atoms with Crippen molar-refractivity contribution in [3.8, 4) is 0 Å². The maximum absolute atomic E-state index is 13.1. The summed E-state index contributed by atoms with van der Waals surface area (Å²) in [5.41, 5.74) is 0. The molecule has 77 heavy (non-hydrogen) atoms. The summed E-state index contributed by atoms with van der Waals surface area (Å²) in [6.07, 6.45) is 72.5. The third-order valence-electron chi connectivity index (χ3n) is 15.3. The van der Waals surface area contributed by atoms with Gasteiger partial charge in [-0.1, -0.05) is 299 Å². The lowest BCUT2D eigenvalue weighted by Crippen LogP contribution is -2.60. The third-order valence-corrected chi connectivity index (χ3v) is 15.3. The van der Waals surface area contributed by atoms with Crippen molar-refractivity contribution in [1.29, 1.82) is 0 Å². The molecule has 0 saturated carbocycles. The summed E-state index contributed by atoms with van der Waals surface area (Å²) in [4.78, 5) is 13.1. The molecule has 1 saturated heterocycles. The van der Waals surface area contributed by atoms with Crippen molar-refractivity contribution in [3.63, 3.8) is 0 Å². The van der Waals surface area contributed by atoms with E-state index in [0.717, 1.165) is 70.6 Å². The zero-order valence-corrected chi connectivity index (χ0v) is 50.0. The molecule has 1 fully saturated rings. The van der Waals surface area contributed by atoms with Gasteiger partial charge >= 0.3 is 0 Å². The van der Waals surface area contributed by atoms with Crippen LogP contribution in [0.1, 0.15) is 296 Å². The summed E-state index contributed by atoms with van der Waals surface area (Å²) in [6.45, 7) is 3.72. The van der Waals surface area contributed by atoms with E-state index < -0.39 is 49.5 Å². The molecule has 0 spiro atoms. The van der Waals surface area contributed by atoms with Crippen LogP contribution in [-0.2, 0) is 14.3 Å². The highest BCUT2D eigenvalue weighted by Gasteiger charge is 2.44. The molecule has 9 nitrogen and oxygen atoms in total. The zero-order chi connectivity index (χ0) is 55.8. The molecule has 0 aromatic carbocycles. The minimum atomic E-state index is -1.57. The van der Waals surface area contributed by atoms with Crippen molar-refractivity contribution in [2.75, 3.05) is 13.2 Å². The van der Waals surface area contributed by atoms with Crippen LogP contribution in [0.2, 0.25) is 0 Å². The van der Waals surface area contributed by atoms with Crippen molar-refractivity contribution >= 4 is 5.91 Å². The summed E-state index contributed by atoms with van der Waals surface area (Å²) >= 11 is 0. The maximum Gasteiger partial charge on any atom is 0.220 e. The highest BCUT2D eigenvalue weighted by Crippen LogP contribution is 2.23. The molecule has 0 aromatic heterocycles. The van der Waals surface area contributed by atoms with Crippen molar-refractivity contribution < 1.29 is 39.8 Å². The Labute approximate surface area is 474 Å². The Morgan fingerprint density at radius 3 is 1.17 bits per heavy atom. The van der Waals surface area contributed by atoms with E-state index in [1.807, 2.05) is 0 Å². The van der Waals surface area contributed by atoms with E-state index in [2.05, 4.69) is 92.1 Å². The average Bonchev–Trinajstić information content (AvgIpc) is 3.43. The Hall–Kier alpha value is -2.37. The lowest BCUT2D eigenvalue weighted by molar-refractivity contribution is -0.302. The number of hydrogen-bond donors (Lipinski definition) is 6. The van der Waals surface area contributed by atoms with Gasteiger partial charge in [-0.2, -0.15) is 0 Å². The Morgan fingerprint density at radius 1 is 0.455 bits per heavy atom. The number of aliphatic hydroxyl groups excluding tert-OH is 5. The Balaban J connectivity index is 2.15. The molecule has 0 aliphatic carbocycles. The van der Waals surface area contributed by atoms with E-state index in [4.69, 9.17) is 9.47 Å². The predicted molar refractivity (Wildman–Crippen MR) is 327 cm³/mol. The van der Waals surface area contributed by atoms with E-state index in [1.165, 1.54) is 193 Å². The van der Waals surface area contributed by atoms with Gasteiger partial charge in [0.05, 0.1) is 25.4 Å². The van der Waals surface area contributed by atoms with Gasteiger partial charge < -0.3 is 40.3 Å². The van der Waals surface area contributed by atoms with Gasteiger partial charge in [-0.05, 0) is 64.2 Å². The molecule has 0 radical (unpaired) electrons. The fourth-order valence-electron chi connectivity index (χ4n) is 10.2. The van der Waals surface area contributed by atoms with E-state index >= 15 is 0 Å². The SMILES string of the molecule is CC/C=C\C/C=C\C/C=C\C/C=C\C/C=C\C/C=C\CCCCC(=O)NC(COC1OC(CO)C(O)C(O)C1O)C(O)CCCCCCCCCCCCCCCCCCCCCCCCCCCCCCCCCCC. The number of allylic oxidation sites excluding steroid dienone is 12.